The molecule has 0 radical (unpaired) electrons. The van der Waals surface area contributed by atoms with Gasteiger partial charge in [-0.25, -0.2) is 4.98 Å². The second-order valence-electron chi connectivity index (χ2n) is 4.04. The van der Waals surface area contributed by atoms with Gasteiger partial charge in [-0.2, -0.15) is 0 Å². The van der Waals surface area contributed by atoms with E-state index in [-0.39, 0.29) is 17.8 Å². The van der Waals surface area contributed by atoms with Gasteiger partial charge in [0.05, 0.1) is 11.7 Å². The first-order valence-corrected chi connectivity index (χ1v) is 5.18. The van der Waals surface area contributed by atoms with Crippen LogP contribution in [0.2, 0.25) is 0 Å². The third-order valence-corrected chi connectivity index (χ3v) is 1.91. The average molecular weight is 207 g/mol. The quantitative estimate of drug-likeness (QED) is 0.712. The molecule has 0 aliphatic heterocycles. The van der Waals surface area contributed by atoms with E-state index in [2.05, 4.69) is 4.98 Å². The highest BCUT2D eigenvalue weighted by atomic mass is 16.5. The fourth-order valence-electron chi connectivity index (χ4n) is 1.21. The molecule has 0 amide bonds. The van der Waals surface area contributed by atoms with E-state index in [9.17, 15) is 4.79 Å². The zero-order chi connectivity index (χ0) is 11.4. The summed E-state index contributed by atoms with van der Waals surface area (Å²) in [5.74, 6) is 0.466. The van der Waals surface area contributed by atoms with Gasteiger partial charge in [-0.05, 0) is 26.0 Å². The van der Waals surface area contributed by atoms with Crippen LogP contribution in [0.3, 0.4) is 0 Å². The van der Waals surface area contributed by atoms with Crippen molar-refractivity contribution in [1.29, 1.82) is 0 Å². The van der Waals surface area contributed by atoms with Crippen molar-refractivity contribution in [2.24, 2.45) is 5.92 Å². The van der Waals surface area contributed by atoms with Gasteiger partial charge in [-0.1, -0.05) is 13.8 Å². The van der Waals surface area contributed by atoms with Gasteiger partial charge < -0.3 is 4.74 Å². The van der Waals surface area contributed by atoms with Crippen molar-refractivity contribution in [3.8, 4) is 5.88 Å². The molecule has 1 aromatic heterocycles. The number of nitrogens with zero attached hydrogens (tertiary/aromatic N) is 1. The fraction of sp³-hybridized carbons (Fsp3) is 0.500. The molecule has 0 aromatic carbocycles. The molecule has 0 aliphatic carbocycles. The van der Waals surface area contributed by atoms with Gasteiger partial charge in [-0.3, -0.25) is 4.79 Å². The normalized spacial score (nSPS) is 10.8. The number of hydrogen-bond donors (Lipinski definition) is 0. The van der Waals surface area contributed by atoms with Crippen LogP contribution in [0.25, 0.3) is 0 Å². The number of hydrogen-bond acceptors (Lipinski definition) is 3. The molecule has 1 rings (SSSR count). The van der Waals surface area contributed by atoms with E-state index in [1.165, 1.54) is 0 Å². The number of carbonyl (C=O) groups is 1. The number of aromatic nitrogens is 1. The monoisotopic (exact) mass is 207 g/mol. The lowest BCUT2D eigenvalue weighted by atomic mass is 10.0. The summed E-state index contributed by atoms with van der Waals surface area (Å²) in [7, 11) is 0. The maximum absolute atomic E-state index is 11.8. The Morgan fingerprint density at radius 3 is 2.53 bits per heavy atom. The molecular formula is C12H17NO2. The van der Waals surface area contributed by atoms with Crippen LogP contribution in [0.4, 0.5) is 0 Å². The molecule has 0 unspecified atom stereocenters. The van der Waals surface area contributed by atoms with Crippen molar-refractivity contribution in [2.45, 2.75) is 33.8 Å². The molecule has 0 bridgehead atoms. The number of ether oxygens (including phenoxy) is 1. The van der Waals surface area contributed by atoms with Crippen molar-refractivity contribution < 1.29 is 9.53 Å². The Labute approximate surface area is 90.5 Å². The largest absolute Gasteiger partial charge is 0.474 e. The predicted molar refractivity (Wildman–Crippen MR) is 59.2 cm³/mol. The number of pyridine rings is 1. The summed E-state index contributed by atoms with van der Waals surface area (Å²) in [5, 5.41) is 0. The highest BCUT2D eigenvalue weighted by Crippen LogP contribution is 2.19. The number of carbonyl (C=O) groups excluding carboxylic acids is 1. The topological polar surface area (TPSA) is 39.2 Å². The van der Waals surface area contributed by atoms with Crippen molar-refractivity contribution in [3.05, 3.63) is 23.9 Å². The Morgan fingerprint density at radius 1 is 1.33 bits per heavy atom. The Balaban J connectivity index is 3.01. The third-order valence-electron chi connectivity index (χ3n) is 1.91. The standard InChI is InChI=1S/C12H17NO2/c1-8(2)11(14)10-6-5-7-13-12(10)15-9(3)4/h5-9H,1-4H3. The van der Waals surface area contributed by atoms with E-state index in [1.807, 2.05) is 27.7 Å². The van der Waals surface area contributed by atoms with Gasteiger partial charge in [0, 0.05) is 12.1 Å². The Bertz CT molecular complexity index is 345. The summed E-state index contributed by atoms with van der Waals surface area (Å²) >= 11 is 0. The van der Waals surface area contributed by atoms with Crippen LogP contribution in [0.1, 0.15) is 38.1 Å². The molecule has 0 N–H and O–H groups in total. The highest BCUT2D eigenvalue weighted by Gasteiger charge is 2.16. The number of Topliss-reactive ketones (excluding diaryl/α,β-unsaturated/α-hetero) is 1. The van der Waals surface area contributed by atoms with Gasteiger partial charge in [0.15, 0.2) is 5.78 Å². The molecule has 0 saturated carbocycles. The Morgan fingerprint density at radius 2 is 2.00 bits per heavy atom. The number of ketones is 1. The minimum Gasteiger partial charge on any atom is -0.474 e. The second-order valence-corrected chi connectivity index (χ2v) is 4.04. The van der Waals surface area contributed by atoms with E-state index >= 15 is 0 Å². The van der Waals surface area contributed by atoms with E-state index in [1.54, 1.807) is 18.3 Å². The lowest BCUT2D eigenvalue weighted by Gasteiger charge is -2.13. The fourth-order valence-corrected chi connectivity index (χ4v) is 1.21. The van der Waals surface area contributed by atoms with E-state index in [0.717, 1.165) is 0 Å². The molecule has 15 heavy (non-hydrogen) atoms. The van der Waals surface area contributed by atoms with Crippen LogP contribution in [0.5, 0.6) is 5.88 Å². The summed E-state index contributed by atoms with van der Waals surface area (Å²) in [6.07, 6.45) is 1.66. The molecule has 0 fully saturated rings. The van der Waals surface area contributed by atoms with Crippen LogP contribution >= 0.6 is 0 Å². The van der Waals surface area contributed by atoms with Gasteiger partial charge in [0.2, 0.25) is 5.88 Å². The van der Waals surface area contributed by atoms with E-state index in [4.69, 9.17) is 4.74 Å². The molecule has 0 aliphatic rings. The average Bonchev–Trinajstić information content (AvgIpc) is 2.16. The molecule has 0 spiro atoms. The second kappa shape index (κ2) is 4.91. The first kappa shape index (κ1) is 11.7. The molecule has 0 saturated heterocycles. The predicted octanol–water partition coefficient (Wildman–Crippen LogP) is 2.71. The van der Waals surface area contributed by atoms with Crippen molar-refractivity contribution >= 4 is 5.78 Å². The van der Waals surface area contributed by atoms with Gasteiger partial charge in [-0.15, -0.1) is 0 Å². The molecule has 3 nitrogen and oxygen atoms in total. The Kier molecular flexibility index (Phi) is 3.83. The Hall–Kier alpha value is -1.38. The summed E-state index contributed by atoms with van der Waals surface area (Å²) in [5.41, 5.74) is 0.571. The maximum Gasteiger partial charge on any atom is 0.224 e. The first-order valence-electron chi connectivity index (χ1n) is 5.18. The van der Waals surface area contributed by atoms with Gasteiger partial charge in [0.1, 0.15) is 0 Å². The van der Waals surface area contributed by atoms with Gasteiger partial charge in [0.25, 0.3) is 0 Å². The molecule has 1 heterocycles. The molecule has 3 heteroatoms. The summed E-state index contributed by atoms with van der Waals surface area (Å²) < 4.78 is 5.48. The minimum absolute atomic E-state index is 0.0265. The molecule has 1 aromatic rings. The van der Waals surface area contributed by atoms with Crippen molar-refractivity contribution in [1.82, 2.24) is 4.98 Å². The SMILES string of the molecule is CC(C)Oc1ncccc1C(=O)C(C)C. The molecular weight excluding hydrogens is 190 g/mol. The van der Waals surface area contributed by atoms with Gasteiger partial charge >= 0.3 is 0 Å². The first-order chi connectivity index (χ1) is 7.02. The zero-order valence-electron chi connectivity index (χ0n) is 9.65. The van der Waals surface area contributed by atoms with Crippen LogP contribution in [-0.2, 0) is 0 Å². The van der Waals surface area contributed by atoms with Crippen LogP contribution in [0, 0.1) is 5.92 Å². The lowest BCUT2D eigenvalue weighted by Crippen LogP contribution is -2.14. The molecule has 0 atom stereocenters. The van der Waals surface area contributed by atoms with Crippen molar-refractivity contribution in [2.75, 3.05) is 0 Å². The summed E-state index contributed by atoms with van der Waals surface area (Å²) in [4.78, 5) is 15.9. The molecule has 82 valence electrons. The maximum atomic E-state index is 11.8. The minimum atomic E-state index is -0.0382. The van der Waals surface area contributed by atoms with Crippen molar-refractivity contribution in [3.63, 3.8) is 0 Å². The summed E-state index contributed by atoms with van der Waals surface area (Å²) in [6, 6.07) is 3.51. The summed E-state index contributed by atoms with van der Waals surface area (Å²) in [6.45, 7) is 7.57. The van der Waals surface area contributed by atoms with E-state index in [0.29, 0.717) is 11.4 Å². The van der Waals surface area contributed by atoms with Crippen LogP contribution in [-0.4, -0.2) is 16.9 Å². The third kappa shape index (κ3) is 3.05. The van der Waals surface area contributed by atoms with Crippen LogP contribution in [0.15, 0.2) is 18.3 Å². The highest BCUT2D eigenvalue weighted by molar-refractivity contribution is 5.99. The van der Waals surface area contributed by atoms with E-state index < -0.39 is 0 Å². The number of rotatable bonds is 4. The zero-order valence-corrected chi connectivity index (χ0v) is 9.65. The smallest absolute Gasteiger partial charge is 0.224 e. The van der Waals surface area contributed by atoms with Crippen LogP contribution < -0.4 is 4.74 Å². The lowest BCUT2D eigenvalue weighted by molar-refractivity contribution is 0.0932.